The van der Waals surface area contributed by atoms with Gasteiger partial charge in [0.05, 0.1) is 6.54 Å². The highest BCUT2D eigenvalue weighted by Crippen LogP contribution is 2.32. The fourth-order valence-electron chi connectivity index (χ4n) is 2.26. The van der Waals surface area contributed by atoms with Crippen LogP contribution in [0.25, 0.3) is 0 Å². The van der Waals surface area contributed by atoms with Crippen molar-refractivity contribution in [2.24, 2.45) is 5.73 Å². The lowest BCUT2D eigenvalue weighted by Crippen LogP contribution is -2.26. The smallest absolute Gasteiger partial charge is 0.265 e. The largest absolute Gasteiger partial charge is 0.364 e. The molecule has 4 heteroatoms. The van der Waals surface area contributed by atoms with E-state index in [1.807, 2.05) is 35.4 Å². The summed E-state index contributed by atoms with van der Waals surface area (Å²) in [5.74, 6) is -0.368. The minimum absolute atomic E-state index is 0.368. The van der Waals surface area contributed by atoms with Crippen molar-refractivity contribution in [3.8, 4) is 0 Å². The minimum Gasteiger partial charge on any atom is -0.364 e. The van der Waals surface area contributed by atoms with E-state index in [1.165, 1.54) is 0 Å². The lowest BCUT2D eigenvalue weighted by molar-refractivity contribution is -0.115. The van der Waals surface area contributed by atoms with Gasteiger partial charge < -0.3 is 16.0 Å². The number of fused-ring (bicyclic) bond motifs is 2. The van der Waals surface area contributed by atoms with Crippen LogP contribution in [0, 0.1) is 0 Å². The zero-order chi connectivity index (χ0) is 11.8. The molecule has 17 heavy (non-hydrogen) atoms. The number of anilines is 1. The Balaban J connectivity index is 2.00. The zero-order valence-corrected chi connectivity index (χ0v) is 9.31. The molecule has 0 atom stereocenters. The molecule has 2 aliphatic rings. The number of para-hydroxylation sites is 1. The first-order valence-corrected chi connectivity index (χ1v) is 5.56. The Bertz CT molecular complexity index is 545. The van der Waals surface area contributed by atoms with E-state index in [9.17, 15) is 4.79 Å². The van der Waals surface area contributed by atoms with Crippen LogP contribution in [0.3, 0.4) is 0 Å². The van der Waals surface area contributed by atoms with E-state index in [2.05, 4.69) is 11.4 Å². The fourth-order valence-corrected chi connectivity index (χ4v) is 2.26. The van der Waals surface area contributed by atoms with Crippen LogP contribution in [0.15, 0.2) is 47.9 Å². The number of benzene rings is 1. The number of primary amides is 1. The van der Waals surface area contributed by atoms with Gasteiger partial charge in [-0.25, -0.2) is 0 Å². The van der Waals surface area contributed by atoms with Crippen LogP contribution in [-0.2, 0) is 11.3 Å². The molecule has 1 aromatic rings. The second kappa shape index (κ2) is 3.66. The maximum atomic E-state index is 11.3. The van der Waals surface area contributed by atoms with Gasteiger partial charge in [-0.3, -0.25) is 4.79 Å². The molecule has 0 unspecified atom stereocenters. The van der Waals surface area contributed by atoms with Gasteiger partial charge in [-0.2, -0.15) is 0 Å². The number of carbonyl (C=O) groups excluding carboxylic acids is 1. The standard InChI is InChI=1S/C13H13N3O/c14-13(17)12-6-5-10-7-15-11-4-2-1-3-9(11)8-16(10)12/h1-4,6-7,15H,5,8H2,(H2,14,17). The number of hydrogen-bond acceptors (Lipinski definition) is 3. The van der Waals surface area contributed by atoms with Crippen LogP contribution >= 0.6 is 0 Å². The number of amides is 1. The second-order valence-electron chi connectivity index (χ2n) is 4.18. The van der Waals surface area contributed by atoms with E-state index in [0.29, 0.717) is 12.2 Å². The molecule has 2 heterocycles. The molecular weight excluding hydrogens is 214 g/mol. The van der Waals surface area contributed by atoms with Crippen molar-refractivity contribution in [1.29, 1.82) is 0 Å². The Morgan fingerprint density at radius 3 is 3.00 bits per heavy atom. The lowest BCUT2D eigenvalue weighted by Gasteiger charge is -2.21. The van der Waals surface area contributed by atoms with Gasteiger partial charge in [0.25, 0.3) is 5.91 Å². The average Bonchev–Trinajstić information content (AvgIpc) is 2.63. The molecule has 1 amide bonds. The van der Waals surface area contributed by atoms with E-state index in [1.54, 1.807) is 0 Å². The third kappa shape index (κ3) is 1.58. The predicted molar refractivity (Wildman–Crippen MR) is 65.6 cm³/mol. The van der Waals surface area contributed by atoms with Crippen LogP contribution in [0.5, 0.6) is 0 Å². The van der Waals surface area contributed by atoms with Gasteiger partial charge in [-0.05, 0) is 17.7 Å². The highest BCUT2D eigenvalue weighted by Gasteiger charge is 2.26. The summed E-state index contributed by atoms with van der Waals surface area (Å²) in [6.07, 6.45) is 4.57. The topological polar surface area (TPSA) is 58.4 Å². The van der Waals surface area contributed by atoms with Crippen molar-refractivity contribution in [2.75, 3.05) is 5.32 Å². The van der Waals surface area contributed by atoms with Gasteiger partial charge in [0.15, 0.2) is 0 Å². The Hall–Kier alpha value is -2.23. The quantitative estimate of drug-likeness (QED) is 0.765. The summed E-state index contributed by atoms with van der Waals surface area (Å²) in [7, 11) is 0. The Kier molecular flexibility index (Phi) is 2.14. The highest BCUT2D eigenvalue weighted by atomic mass is 16.1. The van der Waals surface area contributed by atoms with Crippen LogP contribution in [0.4, 0.5) is 5.69 Å². The number of carbonyl (C=O) groups is 1. The highest BCUT2D eigenvalue weighted by molar-refractivity contribution is 5.92. The molecule has 0 spiro atoms. The third-order valence-electron chi connectivity index (χ3n) is 3.13. The van der Waals surface area contributed by atoms with E-state index in [0.717, 1.165) is 23.4 Å². The van der Waals surface area contributed by atoms with Crippen molar-refractivity contribution in [2.45, 2.75) is 13.0 Å². The van der Waals surface area contributed by atoms with E-state index in [-0.39, 0.29) is 5.91 Å². The molecule has 86 valence electrons. The SMILES string of the molecule is NC(=O)C1=CCC2=CNc3ccccc3CN21. The molecule has 1 aromatic carbocycles. The maximum Gasteiger partial charge on any atom is 0.265 e. The minimum atomic E-state index is -0.368. The van der Waals surface area contributed by atoms with Crippen molar-refractivity contribution >= 4 is 11.6 Å². The van der Waals surface area contributed by atoms with Crippen molar-refractivity contribution in [3.63, 3.8) is 0 Å². The molecule has 3 N–H and O–H groups in total. The summed E-state index contributed by atoms with van der Waals surface area (Å²) in [5.41, 5.74) is 9.29. The molecule has 0 aliphatic carbocycles. The summed E-state index contributed by atoms with van der Waals surface area (Å²) in [4.78, 5) is 13.3. The second-order valence-corrected chi connectivity index (χ2v) is 4.18. The van der Waals surface area contributed by atoms with Gasteiger partial charge in [0.2, 0.25) is 0 Å². The first-order chi connectivity index (χ1) is 8.25. The Labute approximate surface area is 99.4 Å². The van der Waals surface area contributed by atoms with Crippen LogP contribution in [0.2, 0.25) is 0 Å². The molecule has 0 fully saturated rings. The van der Waals surface area contributed by atoms with Gasteiger partial charge >= 0.3 is 0 Å². The van der Waals surface area contributed by atoms with Gasteiger partial charge in [0.1, 0.15) is 5.70 Å². The Morgan fingerprint density at radius 1 is 1.35 bits per heavy atom. The number of hydrogen-bond donors (Lipinski definition) is 2. The molecule has 4 nitrogen and oxygen atoms in total. The monoisotopic (exact) mass is 227 g/mol. The summed E-state index contributed by atoms with van der Waals surface area (Å²) < 4.78 is 0. The first kappa shape index (κ1) is 9.96. The summed E-state index contributed by atoms with van der Waals surface area (Å²) in [6, 6.07) is 8.07. The molecule has 0 saturated heterocycles. The van der Waals surface area contributed by atoms with Gasteiger partial charge in [-0.1, -0.05) is 18.2 Å². The third-order valence-corrected chi connectivity index (χ3v) is 3.13. The summed E-state index contributed by atoms with van der Waals surface area (Å²) >= 11 is 0. The van der Waals surface area contributed by atoms with Gasteiger partial charge in [0, 0.05) is 24.0 Å². The average molecular weight is 227 g/mol. The number of nitrogens with two attached hydrogens (primary N) is 1. The number of nitrogens with one attached hydrogen (secondary N) is 1. The van der Waals surface area contributed by atoms with Gasteiger partial charge in [-0.15, -0.1) is 0 Å². The van der Waals surface area contributed by atoms with Crippen LogP contribution in [0.1, 0.15) is 12.0 Å². The number of allylic oxidation sites excluding steroid dienone is 1. The lowest BCUT2D eigenvalue weighted by atomic mass is 10.1. The van der Waals surface area contributed by atoms with Crippen molar-refractivity contribution < 1.29 is 4.79 Å². The van der Waals surface area contributed by atoms with Crippen molar-refractivity contribution in [1.82, 2.24) is 4.90 Å². The summed E-state index contributed by atoms with van der Waals surface area (Å²) in [6.45, 7) is 0.684. The molecular formula is C13H13N3O. The van der Waals surface area contributed by atoms with E-state index >= 15 is 0 Å². The fraction of sp³-hybridized carbons (Fsp3) is 0.154. The molecule has 0 saturated carbocycles. The first-order valence-electron chi connectivity index (χ1n) is 5.56. The normalized spacial score (nSPS) is 17.3. The van der Waals surface area contributed by atoms with E-state index < -0.39 is 0 Å². The van der Waals surface area contributed by atoms with Crippen LogP contribution in [-0.4, -0.2) is 10.8 Å². The predicted octanol–water partition coefficient (Wildman–Crippen LogP) is 1.53. The molecule has 0 bridgehead atoms. The number of nitrogens with zero attached hydrogens (tertiary/aromatic N) is 1. The molecule has 2 aliphatic heterocycles. The summed E-state index contributed by atoms with van der Waals surface area (Å²) in [5, 5.41) is 3.27. The zero-order valence-electron chi connectivity index (χ0n) is 9.31. The van der Waals surface area contributed by atoms with E-state index in [4.69, 9.17) is 5.73 Å². The van der Waals surface area contributed by atoms with Crippen molar-refractivity contribution in [3.05, 3.63) is 53.5 Å². The van der Waals surface area contributed by atoms with Crippen LogP contribution < -0.4 is 11.1 Å². The molecule has 0 radical (unpaired) electrons. The maximum absolute atomic E-state index is 11.3. The Morgan fingerprint density at radius 2 is 2.18 bits per heavy atom. The molecule has 3 rings (SSSR count). The molecule has 0 aromatic heterocycles. The number of rotatable bonds is 1.